The summed E-state index contributed by atoms with van der Waals surface area (Å²) in [5.74, 6) is 0.468. The van der Waals surface area contributed by atoms with Crippen LogP contribution in [0.3, 0.4) is 0 Å². The van der Waals surface area contributed by atoms with Gasteiger partial charge in [0.1, 0.15) is 0 Å². The summed E-state index contributed by atoms with van der Waals surface area (Å²) < 4.78 is 4.80. The van der Waals surface area contributed by atoms with Gasteiger partial charge < -0.3 is 9.72 Å². The van der Waals surface area contributed by atoms with Gasteiger partial charge in [0.2, 0.25) is 0 Å². The van der Waals surface area contributed by atoms with Gasteiger partial charge in [-0.1, -0.05) is 6.07 Å². The molecule has 0 saturated carbocycles. The number of anilines is 1. The van der Waals surface area contributed by atoms with Gasteiger partial charge in [-0.2, -0.15) is 0 Å². The molecule has 1 heterocycles. The summed E-state index contributed by atoms with van der Waals surface area (Å²) in [7, 11) is 3.14. The van der Waals surface area contributed by atoms with Crippen molar-refractivity contribution in [2.45, 2.75) is 31.6 Å². The molecule has 116 valence electrons. The molecule has 1 aromatic heterocycles. The minimum atomic E-state index is -0.346. The molecular formula is C17H21N3O2. The van der Waals surface area contributed by atoms with Crippen LogP contribution < -0.4 is 4.90 Å². The number of aromatic amines is 1. The quantitative estimate of drug-likeness (QED) is 0.946. The Morgan fingerprint density at radius 1 is 1.50 bits per heavy atom. The van der Waals surface area contributed by atoms with E-state index in [4.69, 9.17) is 4.74 Å². The maximum Gasteiger partial charge on any atom is 0.413 e. The topological polar surface area (TPSA) is 58.2 Å². The molecule has 1 aromatic carbocycles. The molecule has 0 saturated heterocycles. The van der Waals surface area contributed by atoms with Gasteiger partial charge in [0.15, 0.2) is 0 Å². The molecule has 0 fully saturated rings. The highest BCUT2D eigenvalue weighted by Crippen LogP contribution is 2.36. The van der Waals surface area contributed by atoms with Gasteiger partial charge in [0.25, 0.3) is 0 Å². The number of amides is 1. The lowest BCUT2D eigenvalue weighted by molar-refractivity contribution is 0.180. The third-order valence-corrected chi connectivity index (χ3v) is 4.42. The fourth-order valence-corrected chi connectivity index (χ4v) is 3.21. The van der Waals surface area contributed by atoms with E-state index in [0.717, 1.165) is 30.6 Å². The number of carbonyl (C=O) groups is 1. The first kappa shape index (κ1) is 14.6. The van der Waals surface area contributed by atoms with Crippen molar-refractivity contribution in [2.75, 3.05) is 19.1 Å². The summed E-state index contributed by atoms with van der Waals surface area (Å²) in [5, 5.41) is 0. The summed E-state index contributed by atoms with van der Waals surface area (Å²) in [5.41, 5.74) is 4.76. The molecule has 5 heteroatoms. The van der Waals surface area contributed by atoms with Crippen molar-refractivity contribution in [3.63, 3.8) is 0 Å². The first-order chi connectivity index (χ1) is 10.7. The van der Waals surface area contributed by atoms with Crippen LogP contribution in [-0.4, -0.2) is 30.2 Å². The van der Waals surface area contributed by atoms with E-state index in [0.29, 0.717) is 5.92 Å². The standard InChI is InChI=1S/C17H21N3O2/c1-20(17(21)22-2)15-7-6-12-4-3-5-13(16(12)9-15)8-14-10-18-11-19-14/h6-7,9-11,13H,3-5,8H2,1-2H3,(H,18,19). The molecule has 0 aliphatic heterocycles. The zero-order valence-electron chi connectivity index (χ0n) is 13.0. The number of aromatic nitrogens is 2. The fourth-order valence-electron chi connectivity index (χ4n) is 3.21. The van der Waals surface area contributed by atoms with E-state index in [1.54, 1.807) is 18.3 Å². The van der Waals surface area contributed by atoms with Crippen LogP contribution in [0.2, 0.25) is 0 Å². The lowest BCUT2D eigenvalue weighted by Crippen LogP contribution is -2.26. The minimum absolute atomic E-state index is 0.346. The van der Waals surface area contributed by atoms with Crippen molar-refractivity contribution in [1.82, 2.24) is 9.97 Å². The molecule has 0 radical (unpaired) electrons. The number of benzene rings is 1. The number of nitrogens with zero attached hydrogens (tertiary/aromatic N) is 2. The van der Waals surface area contributed by atoms with Gasteiger partial charge in [-0.25, -0.2) is 9.78 Å². The number of hydrogen-bond acceptors (Lipinski definition) is 3. The normalized spacial score (nSPS) is 16.9. The SMILES string of the molecule is COC(=O)N(C)c1ccc2c(c1)C(Cc1cnc[nH]1)CCC2. The number of H-pyrrole nitrogens is 1. The Bertz CT molecular complexity index is 652. The molecule has 5 nitrogen and oxygen atoms in total. The predicted molar refractivity (Wildman–Crippen MR) is 85.2 cm³/mol. The first-order valence-electron chi connectivity index (χ1n) is 7.60. The number of aryl methyl sites for hydroxylation is 1. The lowest BCUT2D eigenvalue weighted by atomic mass is 9.80. The molecule has 1 atom stereocenters. The second kappa shape index (κ2) is 6.22. The number of nitrogens with one attached hydrogen (secondary N) is 1. The molecule has 1 N–H and O–H groups in total. The third-order valence-electron chi connectivity index (χ3n) is 4.42. The summed E-state index contributed by atoms with van der Waals surface area (Å²) in [6.45, 7) is 0. The molecule has 1 aliphatic rings. The highest BCUT2D eigenvalue weighted by atomic mass is 16.5. The summed E-state index contributed by atoms with van der Waals surface area (Å²) >= 11 is 0. The molecule has 1 amide bonds. The number of hydrogen-bond donors (Lipinski definition) is 1. The van der Waals surface area contributed by atoms with Crippen molar-refractivity contribution in [1.29, 1.82) is 0 Å². The summed E-state index contributed by atoms with van der Waals surface area (Å²) in [6, 6.07) is 6.27. The smallest absolute Gasteiger partial charge is 0.413 e. The Kier molecular flexibility index (Phi) is 4.13. The van der Waals surface area contributed by atoms with E-state index in [9.17, 15) is 4.79 Å². The van der Waals surface area contributed by atoms with E-state index < -0.39 is 0 Å². The fraction of sp³-hybridized carbons (Fsp3) is 0.412. The van der Waals surface area contributed by atoms with Crippen molar-refractivity contribution < 1.29 is 9.53 Å². The van der Waals surface area contributed by atoms with Gasteiger partial charge in [0.05, 0.1) is 13.4 Å². The van der Waals surface area contributed by atoms with Crippen LogP contribution in [0.15, 0.2) is 30.7 Å². The van der Waals surface area contributed by atoms with Gasteiger partial charge in [-0.3, -0.25) is 4.90 Å². The second-order valence-electron chi connectivity index (χ2n) is 5.78. The summed E-state index contributed by atoms with van der Waals surface area (Å²) in [4.78, 5) is 20.5. The zero-order valence-corrected chi connectivity index (χ0v) is 13.0. The van der Waals surface area contributed by atoms with Crippen molar-refractivity contribution in [2.24, 2.45) is 0 Å². The Morgan fingerprint density at radius 3 is 3.09 bits per heavy atom. The summed E-state index contributed by atoms with van der Waals surface area (Å²) in [6.07, 6.45) is 7.70. The molecule has 22 heavy (non-hydrogen) atoms. The van der Waals surface area contributed by atoms with Crippen LogP contribution in [0, 0.1) is 0 Å². The van der Waals surface area contributed by atoms with Crippen molar-refractivity contribution in [3.05, 3.63) is 47.5 Å². The molecular weight excluding hydrogens is 278 g/mol. The number of fused-ring (bicyclic) bond motifs is 1. The zero-order chi connectivity index (χ0) is 15.5. The number of rotatable bonds is 3. The van der Waals surface area contributed by atoms with Crippen LogP contribution >= 0.6 is 0 Å². The Labute approximate surface area is 130 Å². The van der Waals surface area contributed by atoms with Gasteiger partial charge in [-0.15, -0.1) is 0 Å². The number of methoxy groups -OCH3 is 1. The number of carbonyl (C=O) groups excluding carboxylic acids is 1. The average molecular weight is 299 g/mol. The highest BCUT2D eigenvalue weighted by Gasteiger charge is 2.22. The maximum atomic E-state index is 11.7. The predicted octanol–water partition coefficient (Wildman–Crippen LogP) is 3.27. The highest BCUT2D eigenvalue weighted by molar-refractivity contribution is 5.87. The molecule has 0 spiro atoms. The maximum absolute atomic E-state index is 11.7. The lowest BCUT2D eigenvalue weighted by Gasteiger charge is -2.27. The van der Waals surface area contributed by atoms with Gasteiger partial charge >= 0.3 is 6.09 Å². The van der Waals surface area contributed by atoms with E-state index in [1.807, 2.05) is 12.3 Å². The van der Waals surface area contributed by atoms with E-state index in [-0.39, 0.29) is 6.09 Å². The number of imidazole rings is 1. The second-order valence-corrected chi connectivity index (χ2v) is 5.78. The third kappa shape index (κ3) is 2.84. The molecule has 0 bridgehead atoms. The first-order valence-corrected chi connectivity index (χ1v) is 7.60. The Hall–Kier alpha value is -2.30. The molecule has 2 aromatic rings. The van der Waals surface area contributed by atoms with E-state index in [2.05, 4.69) is 22.1 Å². The van der Waals surface area contributed by atoms with Gasteiger partial charge in [-0.05, 0) is 54.9 Å². The molecule has 3 rings (SSSR count). The molecule has 1 unspecified atom stereocenters. The van der Waals surface area contributed by atoms with Crippen LogP contribution in [0.4, 0.5) is 10.5 Å². The largest absolute Gasteiger partial charge is 0.452 e. The van der Waals surface area contributed by atoms with Crippen LogP contribution in [0.1, 0.15) is 35.6 Å². The van der Waals surface area contributed by atoms with Crippen LogP contribution in [-0.2, 0) is 17.6 Å². The van der Waals surface area contributed by atoms with E-state index in [1.165, 1.54) is 24.7 Å². The van der Waals surface area contributed by atoms with Crippen LogP contribution in [0.5, 0.6) is 0 Å². The van der Waals surface area contributed by atoms with Crippen molar-refractivity contribution in [3.8, 4) is 0 Å². The van der Waals surface area contributed by atoms with E-state index >= 15 is 0 Å². The van der Waals surface area contributed by atoms with Crippen LogP contribution in [0.25, 0.3) is 0 Å². The minimum Gasteiger partial charge on any atom is -0.452 e. The average Bonchev–Trinajstić information content (AvgIpc) is 3.06. The Morgan fingerprint density at radius 2 is 2.36 bits per heavy atom. The van der Waals surface area contributed by atoms with Gasteiger partial charge in [0, 0.05) is 24.6 Å². The number of ether oxygens (including phenoxy) is 1. The Balaban J connectivity index is 1.89. The monoisotopic (exact) mass is 299 g/mol. The van der Waals surface area contributed by atoms with Crippen molar-refractivity contribution >= 4 is 11.8 Å². The molecule has 1 aliphatic carbocycles.